The quantitative estimate of drug-likeness (QED) is 0.820. The smallest absolute Gasteiger partial charge is 0.260 e. The van der Waals surface area contributed by atoms with Gasteiger partial charge in [-0.05, 0) is 50.5 Å². The lowest BCUT2D eigenvalue weighted by atomic mass is 10.1. The Morgan fingerprint density at radius 1 is 1.14 bits per heavy atom. The van der Waals surface area contributed by atoms with Gasteiger partial charge in [0.2, 0.25) is 0 Å². The van der Waals surface area contributed by atoms with Crippen LogP contribution in [-0.2, 0) is 17.6 Å². The van der Waals surface area contributed by atoms with Crippen LogP contribution in [0.25, 0.3) is 10.2 Å². The van der Waals surface area contributed by atoms with Crippen LogP contribution in [0.3, 0.4) is 0 Å². The number of ether oxygens (including phenoxy) is 1. The average Bonchev–Trinajstić information content (AvgIpc) is 2.71. The molecule has 1 aliphatic carbocycles. The van der Waals surface area contributed by atoms with E-state index in [1.807, 2.05) is 0 Å². The van der Waals surface area contributed by atoms with Crippen molar-refractivity contribution in [3.63, 3.8) is 0 Å². The number of aromatic nitrogens is 2. The normalized spacial score (nSPS) is 23.0. The molecule has 4 rings (SSSR count). The molecule has 1 fully saturated rings. The van der Waals surface area contributed by atoms with Gasteiger partial charge in [0.05, 0.1) is 5.39 Å². The first kappa shape index (κ1) is 13.5. The van der Waals surface area contributed by atoms with Crippen molar-refractivity contribution >= 4 is 21.6 Å². The maximum atomic E-state index is 12.5. The fourth-order valence-corrected chi connectivity index (χ4v) is 4.74. The van der Waals surface area contributed by atoms with E-state index in [0.717, 1.165) is 54.8 Å². The van der Waals surface area contributed by atoms with E-state index < -0.39 is 0 Å². The van der Waals surface area contributed by atoms with Gasteiger partial charge in [-0.15, -0.1) is 11.3 Å². The standard InChI is InChI=1S/C16H20N2O2S/c19-15-13-10-6-2-1-3-8-12(10)21-16(13)18-14(17-15)11-7-4-5-9-20-11/h11H,1-9H2,(H,17,18,19). The van der Waals surface area contributed by atoms with Crippen LogP contribution in [0.4, 0.5) is 0 Å². The third kappa shape index (κ3) is 2.42. The fraction of sp³-hybridized carbons (Fsp3) is 0.625. The Hall–Kier alpha value is -1.20. The highest BCUT2D eigenvalue weighted by Gasteiger charge is 2.23. The Morgan fingerprint density at radius 2 is 2.05 bits per heavy atom. The summed E-state index contributed by atoms with van der Waals surface area (Å²) >= 11 is 1.72. The highest BCUT2D eigenvalue weighted by Crippen LogP contribution is 2.34. The molecule has 3 heterocycles. The van der Waals surface area contributed by atoms with Gasteiger partial charge in [0.1, 0.15) is 16.8 Å². The number of hydrogen-bond donors (Lipinski definition) is 1. The SMILES string of the molecule is O=c1[nH]c(C2CCCCO2)nc2sc3c(c12)CCCCC3. The number of H-pyrrole nitrogens is 1. The predicted molar refractivity (Wildman–Crippen MR) is 84.0 cm³/mol. The molecule has 0 amide bonds. The van der Waals surface area contributed by atoms with E-state index in [1.165, 1.54) is 29.7 Å². The van der Waals surface area contributed by atoms with Crippen LogP contribution in [0.1, 0.15) is 60.9 Å². The first-order valence-electron chi connectivity index (χ1n) is 7.99. The summed E-state index contributed by atoms with van der Waals surface area (Å²) in [5, 5.41) is 0.844. The second-order valence-corrected chi connectivity index (χ2v) is 7.13. The Morgan fingerprint density at radius 3 is 2.90 bits per heavy atom. The van der Waals surface area contributed by atoms with Gasteiger partial charge < -0.3 is 9.72 Å². The lowest BCUT2D eigenvalue weighted by molar-refractivity contribution is 0.00955. The van der Waals surface area contributed by atoms with Crippen molar-refractivity contribution in [3.05, 3.63) is 26.6 Å². The Labute approximate surface area is 127 Å². The molecule has 1 N–H and O–H groups in total. The molecule has 0 aromatic carbocycles. The molecule has 5 heteroatoms. The summed E-state index contributed by atoms with van der Waals surface area (Å²) in [5.74, 6) is 0.726. The van der Waals surface area contributed by atoms with Crippen molar-refractivity contribution in [2.24, 2.45) is 0 Å². The van der Waals surface area contributed by atoms with Crippen molar-refractivity contribution in [2.75, 3.05) is 6.61 Å². The van der Waals surface area contributed by atoms with E-state index in [-0.39, 0.29) is 11.7 Å². The van der Waals surface area contributed by atoms with E-state index in [0.29, 0.717) is 0 Å². The average molecular weight is 304 g/mol. The highest BCUT2D eigenvalue weighted by atomic mass is 32.1. The van der Waals surface area contributed by atoms with Crippen LogP contribution >= 0.6 is 11.3 Å². The second kappa shape index (κ2) is 5.54. The van der Waals surface area contributed by atoms with Crippen LogP contribution < -0.4 is 5.56 Å². The number of nitrogens with one attached hydrogen (secondary N) is 1. The zero-order valence-electron chi connectivity index (χ0n) is 12.1. The number of rotatable bonds is 1. The van der Waals surface area contributed by atoms with Crippen LogP contribution in [0.15, 0.2) is 4.79 Å². The van der Waals surface area contributed by atoms with Crippen LogP contribution in [0.2, 0.25) is 0 Å². The van der Waals surface area contributed by atoms with E-state index >= 15 is 0 Å². The molecule has 1 saturated heterocycles. The summed E-state index contributed by atoms with van der Waals surface area (Å²) in [6.07, 6.45) is 9.00. The molecular formula is C16H20N2O2S. The topological polar surface area (TPSA) is 55.0 Å². The maximum Gasteiger partial charge on any atom is 0.260 e. The molecule has 2 aromatic rings. The summed E-state index contributed by atoms with van der Waals surface area (Å²) in [4.78, 5) is 22.6. The number of hydrogen-bond acceptors (Lipinski definition) is 4. The molecule has 1 unspecified atom stereocenters. The molecule has 0 bridgehead atoms. The summed E-state index contributed by atoms with van der Waals surface area (Å²) < 4.78 is 5.76. The molecule has 1 atom stereocenters. The Bertz CT molecular complexity index is 713. The first-order valence-corrected chi connectivity index (χ1v) is 8.80. The molecule has 112 valence electrons. The minimum Gasteiger partial charge on any atom is -0.370 e. The molecule has 0 saturated carbocycles. The zero-order chi connectivity index (χ0) is 14.2. The molecule has 1 aliphatic heterocycles. The Kier molecular flexibility index (Phi) is 3.55. The lowest BCUT2D eigenvalue weighted by Crippen LogP contribution is -2.19. The van der Waals surface area contributed by atoms with Gasteiger partial charge in [-0.2, -0.15) is 0 Å². The van der Waals surface area contributed by atoms with Crippen molar-refractivity contribution in [3.8, 4) is 0 Å². The largest absolute Gasteiger partial charge is 0.370 e. The van der Waals surface area contributed by atoms with Crippen molar-refractivity contribution in [1.82, 2.24) is 9.97 Å². The number of nitrogens with zero attached hydrogens (tertiary/aromatic N) is 1. The van der Waals surface area contributed by atoms with E-state index in [4.69, 9.17) is 9.72 Å². The molecule has 21 heavy (non-hydrogen) atoms. The maximum absolute atomic E-state index is 12.5. The van der Waals surface area contributed by atoms with Crippen molar-refractivity contribution in [1.29, 1.82) is 0 Å². The number of thiophene rings is 1. The van der Waals surface area contributed by atoms with Crippen molar-refractivity contribution < 1.29 is 4.74 Å². The molecular weight excluding hydrogens is 284 g/mol. The zero-order valence-corrected chi connectivity index (χ0v) is 12.9. The van der Waals surface area contributed by atoms with Gasteiger partial charge in [-0.3, -0.25) is 4.79 Å². The minimum absolute atomic E-state index is 0.0299. The fourth-order valence-electron chi connectivity index (χ4n) is 3.47. The van der Waals surface area contributed by atoms with Crippen molar-refractivity contribution in [2.45, 2.75) is 57.5 Å². The van der Waals surface area contributed by atoms with Gasteiger partial charge in [0.25, 0.3) is 5.56 Å². The third-order valence-corrected chi connectivity index (χ3v) is 5.76. The molecule has 0 spiro atoms. The lowest BCUT2D eigenvalue weighted by Gasteiger charge is -2.21. The number of aryl methyl sites for hydroxylation is 2. The first-order chi connectivity index (χ1) is 10.3. The molecule has 0 radical (unpaired) electrons. The highest BCUT2D eigenvalue weighted by molar-refractivity contribution is 7.18. The van der Waals surface area contributed by atoms with Crippen LogP contribution in [-0.4, -0.2) is 16.6 Å². The summed E-state index contributed by atoms with van der Waals surface area (Å²) in [6.45, 7) is 0.771. The minimum atomic E-state index is -0.0299. The van der Waals surface area contributed by atoms with Gasteiger partial charge in [-0.25, -0.2) is 4.98 Å². The van der Waals surface area contributed by atoms with Crippen LogP contribution in [0, 0.1) is 0 Å². The van der Waals surface area contributed by atoms with Gasteiger partial charge >= 0.3 is 0 Å². The van der Waals surface area contributed by atoms with E-state index in [2.05, 4.69) is 4.98 Å². The second-order valence-electron chi connectivity index (χ2n) is 6.05. The van der Waals surface area contributed by atoms with Gasteiger partial charge in [0.15, 0.2) is 0 Å². The van der Waals surface area contributed by atoms with E-state index in [9.17, 15) is 4.79 Å². The predicted octanol–water partition coefficient (Wildman–Crippen LogP) is 3.50. The van der Waals surface area contributed by atoms with Gasteiger partial charge in [0, 0.05) is 11.5 Å². The number of aromatic amines is 1. The monoisotopic (exact) mass is 304 g/mol. The summed E-state index contributed by atoms with van der Waals surface area (Å²) in [6, 6.07) is 0. The Balaban J connectivity index is 1.81. The molecule has 2 aromatic heterocycles. The van der Waals surface area contributed by atoms with Gasteiger partial charge in [-0.1, -0.05) is 6.42 Å². The summed E-state index contributed by atoms with van der Waals surface area (Å²) in [5.41, 5.74) is 1.29. The molecule has 2 aliphatic rings. The number of fused-ring (bicyclic) bond motifs is 3. The van der Waals surface area contributed by atoms with Crippen LogP contribution in [0.5, 0.6) is 0 Å². The van der Waals surface area contributed by atoms with E-state index in [1.54, 1.807) is 11.3 Å². The summed E-state index contributed by atoms with van der Waals surface area (Å²) in [7, 11) is 0. The third-order valence-electron chi connectivity index (χ3n) is 4.58. The molecule has 4 nitrogen and oxygen atoms in total.